The number of carbonyl (C=O) groups excluding carboxylic acids is 1. The van der Waals surface area contributed by atoms with Gasteiger partial charge in [-0.2, -0.15) is 0 Å². The van der Waals surface area contributed by atoms with Crippen molar-refractivity contribution < 1.29 is 15.0 Å². The Morgan fingerprint density at radius 1 is 0.295 bits per heavy atom. The summed E-state index contributed by atoms with van der Waals surface area (Å²) in [5, 5.41) is 23.3. The molecule has 0 heterocycles. The van der Waals surface area contributed by atoms with Crippen LogP contribution in [-0.2, 0) is 4.79 Å². The maximum Gasteiger partial charge on any atom is 0.220 e. The highest BCUT2D eigenvalue weighted by Crippen LogP contribution is 2.20. The number of hydrogen-bond acceptors (Lipinski definition) is 3. The first-order valence-corrected chi connectivity index (χ1v) is 36.6. The molecule has 2 atom stereocenters. The summed E-state index contributed by atoms with van der Waals surface area (Å²) in [7, 11) is 0. The normalized spacial score (nSPS) is 12.7. The molecule has 1 amide bonds. The van der Waals surface area contributed by atoms with Gasteiger partial charge in [0, 0.05) is 6.42 Å². The van der Waals surface area contributed by atoms with Gasteiger partial charge in [0.25, 0.3) is 0 Å². The van der Waals surface area contributed by atoms with Crippen LogP contribution in [0, 0.1) is 0 Å². The quantitative estimate of drug-likeness (QED) is 0.0420. The van der Waals surface area contributed by atoms with Crippen molar-refractivity contribution in [3.05, 3.63) is 24.3 Å². The number of carbonyl (C=O) groups is 1. The molecule has 0 fully saturated rings. The van der Waals surface area contributed by atoms with E-state index in [4.69, 9.17) is 0 Å². The molecule has 78 heavy (non-hydrogen) atoms. The zero-order valence-corrected chi connectivity index (χ0v) is 53.7. The molecular formula is C74H145NO3. The lowest BCUT2D eigenvalue weighted by Gasteiger charge is -2.19. The van der Waals surface area contributed by atoms with Crippen molar-refractivity contribution in [3.63, 3.8) is 0 Å². The minimum absolute atomic E-state index is 0.0638. The van der Waals surface area contributed by atoms with Gasteiger partial charge in [-0.15, -0.1) is 0 Å². The van der Waals surface area contributed by atoms with Gasteiger partial charge in [-0.3, -0.25) is 4.79 Å². The molecule has 4 nitrogen and oxygen atoms in total. The molecule has 0 aliphatic heterocycles. The molecule has 0 saturated heterocycles. The van der Waals surface area contributed by atoms with Crippen molar-refractivity contribution in [1.29, 1.82) is 0 Å². The second-order valence-corrected chi connectivity index (χ2v) is 25.4. The Kier molecular flexibility index (Phi) is 69.1. The molecule has 0 bridgehead atoms. The molecule has 2 unspecified atom stereocenters. The fourth-order valence-electron chi connectivity index (χ4n) is 11.9. The van der Waals surface area contributed by atoms with E-state index in [1.165, 1.54) is 372 Å². The van der Waals surface area contributed by atoms with E-state index in [0.717, 1.165) is 32.1 Å². The van der Waals surface area contributed by atoms with Crippen LogP contribution < -0.4 is 5.32 Å². The van der Waals surface area contributed by atoms with Crippen LogP contribution in [0.25, 0.3) is 0 Å². The first-order valence-electron chi connectivity index (χ1n) is 36.6. The maximum absolute atomic E-state index is 12.5. The molecule has 4 heteroatoms. The van der Waals surface area contributed by atoms with E-state index < -0.39 is 12.1 Å². The summed E-state index contributed by atoms with van der Waals surface area (Å²) in [5.41, 5.74) is 0. The summed E-state index contributed by atoms with van der Waals surface area (Å²) >= 11 is 0. The Labute approximate surface area is 491 Å². The van der Waals surface area contributed by atoms with Crippen LogP contribution in [0.1, 0.15) is 425 Å². The van der Waals surface area contributed by atoms with Crippen LogP contribution in [0.5, 0.6) is 0 Å². The predicted octanol–water partition coefficient (Wildman–Crippen LogP) is 24.9. The smallest absolute Gasteiger partial charge is 0.220 e. The van der Waals surface area contributed by atoms with E-state index in [0.29, 0.717) is 6.42 Å². The van der Waals surface area contributed by atoms with Gasteiger partial charge >= 0.3 is 0 Å². The fourth-order valence-corrected chi connectivity index (χ4v) is 11.9. The van der Waals surface area contributed by atoms with Crippen LogP contribution in [0.2, 0.25) is 0 Å². The van der Waals surface area contributed by atoms with Crippen molar-refractivity contribution in [2.45, 2.75) is 437 Å². The Morgan fingerprint density at radius 3 is 0.744 bits per heavy atom. The molecule has 464 valence electrons. The minimum Gasteiger partial charge on any atom is -0.394 e. The molecule has 0 rings (SSSR count). The van der Waals surface area contributed by atoms with E-state index >= 15 is 0 Å². The van der Waals surface area contributed by atoms with E-state index in [1.807, 2.05) is 6.08 Å². The van der Waals surface area contributed by atoms with Crippen LogP contribution in [0.15, 0.2) is 24.3 Å². The van der Waals surface area contributed by atoms with Gasteiger partial charge in [0.2, 0.25) is 5.91 Å². The number of hydrogen-bond donors (Lipinski definition) is 3. The van der Waals surface area contributed by atoms with Gasteiger partial charge in [0.15, 0.2) is 0 Å². The number of rotatable bonds is 69. The lowest BCUT2D eigenvalue weighted by Crippen LogP contribution is -2.45. The number of aliphatic hydroxyl groups is 2. The van der Waals surface area contributed by atoms with Gasteiger partial charge in [0.1, 0.15) is 0 Å². The highest BCUT2D eigenvalue weighted by Gasteiger charge is 2.18. The second-order valence-electron chi connectivity index (χ2n) is 25.4. The zero-order valence-electron chi connectivity index (χ0n) is 53.7. The lowest BCUT2D eigenvalue weighted by atomic mass is 10.0. The Morgan fingerprint density at radius 2 is 0.500 bits per heavy atom. The number of aliphatic hydroxyl groups excluding tert-OH is 2. The summed E-state index contributed by atoms with van der Waals surface area (Å²) < 4.78 is 0. The average Bonchev–Trinajstić information content (AvgIpc) is 3.44. The highest BCUT2D eigenvalue weighted by molar-refractivity contribution is 5.76. The summed E-state index contributed by atoms with van der Waals surface area (Å²) in [6.07, 6.45) is 95.9. The van der Waals surface area contributed by atoms with Crippen molar-refractivity contribution in [2.75, 3.05) is 6.61 Å². The van der Waals surface area contributed by atoms with Gasteiger partial charge in [-0.1, -0.05) is 411 Å². The molecular weight excluding hydrogens is 951 g/mol. The van der Waals surface area contributed by atoms with Crippen LogP contribution in [-0.4, -0.2) is 34.9 Å². The molecule has 0 aliphatic carbocycles. The Balaban J connectivity index is 3.39. The first kappa shape index (κ1) is 76.9. The van der Waals surface area contributed by atoms with Crippen molar-refractivity contribution in [2.24, 2.45) is 0 Å². The molecule has 0 radical (unpaired) electrons. The monoisotopic (exact) mass is 1100 g/mol. The van der Waals surface area contributed by atoms with E-state index in [9.17, 15) is 15.0 Å². The zero-order chi connectivity index (χ0) is 56.2. The second kappa shape index (κ2) is 70.1. The van der Waals surface area contributed by atoms with Gasteiger partial charge in [0.05, 0.1) is 18.8 Å². The van der Waals surface area contributed by atoms with Crippen molar-refractivity contribution in [1.82, 2.24) is 5.32 Å². The number of unbranched alkanes of at least 4 members (excludes halogenated alkanes) is 60. The van der Waals surface area contributed by atoms with E-state index in [2.05, 4.69) is 31.3 Å². The molecule has 0 saturated carbocycles. The summed E-state index contributed by atoms with van der Waals surface area (Å²) in [6.45, 7) is 4.35. The third-order valence-electron chi connectivity index (χ3n) is 17.4. The maximum atomic E-state index is 12.5. The van der Waals surface area contributed by atoms with Crippen LogP contribution >= 0.6 is 0 Å². The Bertz CT molecular complexity index is 1150. The predicted molar refractivity (Wildman–Crippen MR) is 350 cm³/mol. The van der Waals surface area contributed by atoms with Crippen LogP contribution in [0.4, 0.5) is 0 Å². The largest absolute Gasteiger partial charge is 0.394 e. The molecule has 0 aromatic carbocycles. The number of amides is 1. The summed E-state index contributed by atoms with van der Waals surface area (Å²) in [5.74, 6) is -0.0638. The highest BCUT2D eigenvalue weighted by atomic mass is 16.3. The standard InChI is InChI=1S/C74H145NO3/c1-3-5-7-9-11-13-15-17-19-21-23-25-27-29-31-32-33-34-35-36-37-38-39-40-41-42-43-44-46-48-50-52-54-56-58-60-62-64-66-68-70-74(78)75-72(71-76)73(77)69-67-65-63-61-59-57-55-53-51-49-47-45-30-28-26-24-22-20-18-16-14-12-10-8-6-4-2/h59,61,67,69,72-73,76-77H,3-58,60,62-66,68,70-71H2,1-2H3,(H,75,78)/b61-59+,69-67+. The third kappa shape index (κ3) is 65.7. The Hall–Kier alpha value is -1.13. The molecule has 0 aromatic heterocycles. The SMILES string of the molecule is CCCCCCCCCCCCCCCCCCCCCC/C=C/CC/C=C/C(O)C(CO)NC(=O)CCCCCCCCCCCCCCCCCCCCCCCCCCCCCCCCCCCCCCCCCC. The van der Waals surface area contributed by atoms with Gasteiger partial charge in [-0.25, -0.2) is 0 Å². The van der Waals surface area contributed by atoms with Gasteiger partial charge < -0.3 is 15.5 Å². The molecule has 3 N–H and O–H groups in total. The summed E-state index contributed by atoms with van der Waals surface area (Å²) in [6, 6.07) is -0.638. The van der Waals surface area contributed by atoms with Crippen LogP contribution in [0.3, 0.4) is 0 Å². The molecule has 0 aliphatic rings. The van der Waals surface area contributed by atoms with Crippen molar-refractivity contribution >= 4 is 5.91 Å². The number of allylic oxidation sites excluding steroid dienone is 3. The van der Waals surface area contributed by atoms with E-state index in [-0.39, 0.29) is 12.5 Å². The minimum atomic E-state index is -0.861. The van der Waals surface area contributed by atoms with Crippen molar-refractivity contribution in [3.8, 4) is 0 Å². The fraction of sp³-hybridized carbons (Fsp3) is 0.932. The first-order chi connectivity index (χ1) is 38.7. The summed E-state index contributed by atoms with van der Waals surface area (Å²) in [4.78, 5) is 12.5. The van der Waals surface area contributed by atoms with Gasteiger partial charge in [-0.05, 0) is 32.1 Å². The molecule has 0 spiro atoms. The topological polar surface area (TPSA) is 69.6 Å². The molecule has 0 aromatic rings. The third-order valence-corrected chi connectivity index (χ3v) is 17.4. The lowest BCUT2D eigenvalue weighted by molar-refractivity contribution is -0.123. The average molecular weight is 1100 g/mol. The number of nitrogens with one attached hydrogen (secondary N) is 1. The van der Waals surface area contributed by atoms with E-state index in [1.54, 1.807) is 6.08 Å².